The first-order valence-corrected chi connectivity index (χ1v) is 8.78. The van der Waals surface area contributed by atoms with Gasteiger partial charge < -0.3 is 14.6 Å². The van der Waals surface area contributed by atoms with Crippen LogP contribution < -0.4 is 5.32 Å². The van der Waals surface area contributed by atoms with Crippen molar-refractivity contribution in [3.05, 3.63) is 53.9 Å². The molecule has 0 unspecified atom stereocenters. The van der Waals surface area contributed by atoms with Crippen LogP contribution in [0.4, 0.5) is 4.39 Å². The highest BCUT2D eigenvalue weighted by Gasteiger charge is 2.34. The van der Waals surface area contributed by atoms with E-state index >= 15 is 0 Å². The van der Waals surface area contributed by atoms with Crippen LogP contribution in [0.3, 0.4) is 0 Å². The highest BCUT2D eigenvalue weighted by Crippen LogP contribution is 2.38. The Hall–Kier alpha value is -1.72. The van der Waals surface area contributed by atoms with E-state index in [1.807, 2.05) is 36.3 Å². The number of benzene rings is 1. The molecule has 4 rings (SSSR count). The molecule has 1 aliphatic heterocycles. The third-order valence-electron chi connectivity index (χ3n) is 5.42. The van der Waals surface area contributed by atoms with E-state index < -0.39 is 0 Å². The number of hydrogen-bond donors (Lipinski definition) is 1. The molecule has 2 aromatic rings. The van der Waals surface area contributed by atoms with E-state index in [0.717, 1.165) is 38.0 Å². The summed E-state index contributed by atoms with van der Waals surface area (Å²) in [5.41, 5.74) is 2.41. The maximum atomic E-state index is 13.0. The molecule has 128 valence electrons. The Bertz CT molecular complexity index is 678. The zero-order valence-corrected chi connectivity index (χ0v) is 14.0. The molecule has 1 saturated heterocycles. The average Bonchev–Trinajstić information content (AvgIpc) is 2.98. The molecule has 1 N–H and O–H groups in total. The van der Waals surface area contributed by atoms with Crippen LogP contribution in [0, 0.1) is 5.82 Å². The molecular weight excluding hydrogens is 305 g/mol. The summed E-state index contributed by atoms with van der Waals surface area (Å²) in [4.78, 5) is 4.20. The first-order valence-electron chi connectivity index (χ1n) is 8.78. The third-order valence-corrected chi connectivity index (χ3v) is 5.42. The molecule has 0 radical (unpaired) electrons. The first kappa shape index (κ1) is 15.8. The topological polar surface area (TPSA) is 39.1 Å². The lowest BCUT2D eigenvalue weighted by atomic mass is 9.75. The van der Waals surface area contributed by atoms with E-state index in [0.29, 0.717) is 18.0 Å². The van der Waals surface area contributed by atoms with Crippen molar-refractivity contribution < 1.29 is 9.13 Å². The van der Waals surface area contributed by atoms with Crippen molar-refractivity contribution in [2.45, 2.75) is 49.8 Å². The van der Waals surface area contributed by atoms with Gasteiger partial charge in [0.15, 0.2) is 0 Å². The maximum absolute atomic E-state index is 13.0. The Morgan fingerprint density at radius 1 is 1.17 bits per heavy atom. The van der Waals surface area contributed by atoms with Crippen molar-refractivity contribution in [3.63, 3.8) is 0 Å². The highest BCUT2D eigenvalue weighted by molar-refractivity contribution is 5.23. The summed E-state index contributed by atoms with van der Waals surface area (Å²) in [7, 11) is 2.02. The summed E-state index contributed by atoms with van der Waals surface area (Å²) in [5, 5.41) is 3.79. The molecule has 0 spiro atoms. The molecule has 2 atom stereocenters. The first-order chi connectivity index (χ1) is 11.7. The van der Waals surface area contributed by atoms with Crippen molar-refractivity contribution >= 4 is 0 Å². The molecule has 2 fully saturated rings. The number of aromatic nitrogens is 2. The van der Waals surface area contributed by atoms with E-state index in [1.165, 1.54) is 5.56 Å². The van der Waals surface area contributed by atoms with Crippen LogP contribution in [-0.4, -0.2) is 28.2 Å². The third kappa shape index (κ3) is 3.23. The lowest BCUT2D eigenvalue weighted by Crippen LogP contribution is -2.47. The van der Waals surface area contributed by atoms with Crippen LogP contribution in [0.1, 0.15) is 49.0 Å². The fraction of sp³-hybridized carbons (Fsp3) is 0.526. The van der Waals surface area contributed by atoms with Gasteiger partial charge in [0.1, 0.15) is 11.9 Å². The number of ether oxygens (including phenoxy) is 1. The molecule has 2 heterocycles. The van der Waals surface area contributed by atoms with E-state index in [1.54, 1.807) is 12.1 Å². The second kappa shape index (κ2) is 6.65. The average molecular weight is 329 g/mol. The Kier molecular flexibility index (Phi) is 4.37. The van der Waals surface area contributed by atoms with E-state index in [-0.39, 0.29) is 11.9 Å². The van der Waals surface area contributed by atoms with E-state index in [4.69, 9.17) is 4.74 Å². The van der Waals surface area contributed by atoms with E-state index in [2.05, 4.69) is 10.3 Å². The summed E-state index contributed by atoms with van der Waals surface area (Å²) in [5.74, 6) is 0.409. The summed E-state index contributed by atoms with van der Waals surface area (Å²) in [6, 6.07) is 8.03. The van der Waals surface area contributed by atoms with Crippen LogP contribution in [0.25, 0.3) is 0 Å². The van der Waals surface area contributed by atoms with Gasteiger partial charge in [0.2, 0.25) is 0 Å². The van der Waals surface area contributed by atoms with Gasteiger partial charge in [-0.2, -0.15) is 0 Å². The Morgan fingerprint density at radius 2 is 1.96 bits per heavy atom. The molecule has 1 aromatic heterocycles. The van der Waals surface area contributed by atoms with Gasteiger partial charge in [0.25, 0.3) is 0 Å². The highest BCUT2D eigenvalue weighted by atomic mass is 19.1. The SMILES string of the molecule is Cn1cncc1[C@H]1C[C@@H](NC2CC(c3ccc(F)cc3)C2)CCO1. The summed E-state index contributed by atoms with van der Waals surface area (Å²) < 4.78 is 21.0. The van der Waals surface area contributed by atoms with Crippen molar-refractivity contribution in [1.29, 1.82) is 0 Å². The maximum Gasteiger partial charge on any atom is 0.123 e. The number of rotatable bonds is 4. The second-order valence-corrected chi connectivity index (χ2v) is 7.09. The molecule has 0 amide bonds. The van der Waals surface area contributed by atoms with Gasteiger partial charge in [-0.3, -0.25) is 0 Å². The van der Waals surface area contributed by atoms with Crippen LogP contribution in [-0.2, 0) is 11.8 Å². The number of nitrogens with one attached hydrogen (secondary N) is 1. The van der Waals surface area contributed by atoms with Crippen LogP contribution in [0.2, 0.25) is 0 Å². The largest absolute Gasteiger partial charge is 0.372 e. The Balaban J connectivity index is 1.29. The Morgan fingerprint density at radius 3 is 2.67 bits per heavy atom. The summed E-state index contributed by atoms with van der Waals surface area (Å²) in [6.07, 6.45) is 8.20. The van der Waals surface area contributed by atoms with Crippen molar-refractivity contribution in [1.82, 2.24) is 14.9 Å². The molecule has 2 aliphatic rings. The predicted molar refractivity (Wildman–Crippen MR) is 90.2 cm³/mol. The standard InChI is InChI=1S/C19H24FN3O/c1-23-12-21-11-18(23)19-10-16(6-7-24-19)22-17-8-14(9-17)13-2-4-15(20)5-3-13/h2-5,11-12,14,16-17,19,22H,6-10H2,1H3/t14?,16-,17?,19+/m0/s1. The van der Waals surface area contributed by atoms with Crippen LogP contribution in [0.15, 0.2) is 36.8 Å². The van der Waals surface area contributed by atoms with Crippen molar-refractivity contribution in [2.75, 3.05) is 6.61 Å². The number of halogens is 1. The zero-order valence-electron chi connectivity index (χ0n) is 14.0. The van der Waals surface area contributed by atoms with Gasteiger partial charge in [-0.1, -0.05) is 12.1 Å². The molecule has 4 nitrogen and oxygen atoms in total. The molecule has 24 heavy (non-hydrogen) atoms. The molecule has 1 aromatic carbocycles. The number of nitrogens with zero attached hydrogens (tertiary/aromatic N) is 2. The summed E-state index contributed by atoms with van der Waals surface area (Å²) >= 11 is 0. The number of aryl methyl sites for hydroxylation is 1. The quantitative estimate of drug-likeness (QED) is 0.935. The minimum absolute atomic E-state index is 0.136. The van der Waals surface area contributed by atoms with Gasteiger partial charge >= 0.3 is 0 Å². The lowest BCUT2D eigenvalue weighted by Gasteiger charge is -2.40. The normalized spacial score (nSPS) is 30.1. The van der Waals surface area contributed by atoms with Gasteiger partial charge in [-0.05, 0) is 49.3 Å². The summed E-state index contributed by atoms with van der Waals surface area (Å²) in [6.45, 7) is 0.793. The molecule has 1 saturated carbocycles. The smallest absolute Gasteiger partial charge is 0.123 e. The van der Waals surface area contributed by atoms with Crippen molar-refractivity contribution in [3.8, 4) is 0 Å². The van der Waals surface area contributed by atoms with Gasteiger partial charge in [-0.25, -0.2) is 9.37 Å². The Labute approximate surface area is 142 Å². The number of imidazole rings is 1. The minimum atomic E-state index is -0.156. The molecule has 1 aliphatic carbocycles. The van der Waals surface area contributed by atoms with Crippen LogP contribution in [0.5, 0.6) is 0 Å². The molecule has 5 heteroatoms. The molecular formula is C19H24FN3O. The van der Waals surface area contributed by atoms with Gasteiger partial charge in [-0.15, -0.1) is 0 Å². The van der Waals surface area contributed by atoms with Gasteiger partial charge in [0, 0.05) is 25.7 Å². The minimum Gasteiger partial charge on any atom is -0.372 e. The lowest BCUT2D eigenvalue weighted by molar-refractivity contribution is -0.00800. The van der Waals surface area contributed by atoms with Gasteiger partial charge in [0.05, 0.1) is 18.2 Å². The number of hydrogen-bond acceptors (Lipinski definition) is 3. The monoisotopic (exact) mass is 329 g/mol. The fourth-order valence-electron chi connectivity index (χ4n) is 3.93. The van der Waals surface area contributed by atoms with E-state index in [9.17, 15) is 4.39 Å². The fourth-order valence-corrected chi connectivity index (χ4v) is 3.93. The molecule has 0 bridgehead atoms. The van der Waals surface area contributed by atoms with Crippen molar-refractivity contribution in [2.24, 2.45) is 7.05 Å². The second-order valence-electron chi connectivity index (χ2n) is 7.09. The van der Waals surface area contributed by atoms with Crippen LogP contribution >= 0.6 is 0 Å². The predicted octanol–water partition coefficient (Wildman–Crippen LogP) is 3.32. The zero-order chi connectivity index (χ0) is 16.5.